The maximum absolute atomic E-state index is 15.0. The first kappa shape index (κ1) is 28.8. The van der Waals surface area contributed by atoms with E-state index >= 15 is 4.39 Å². The van der Waals surface area contributed by atoms with Crippen LogP contribution in [0.1, 0.15) is 48.2 Å². The average molecular weight is 595 g/mol. The van der Waals surface area contributed by atoms with Crippen molar-refractivity contribution in [1.29, 1.82) is 0 Å². The molecule has 202 valence electrons. The predicted molar refractivity (Wildman–Crippen MR) is 134 cm³/mol. The minimum atomic E-state index is -1.31. The fourth-order valence-electron chi connectivity index (χ4n) is 3.50. The number of nitrogens with zero attached hydrogens (tertiary/aromatic N) is 1. The smallest absolute Gasteiger partial charge is 0.302 e. The SMILES string of the molecule is CC(=O)OCC(COC(C)=O)CC(Oc1ccc(F)c(C(N)=O)c1F)c1nc(-c2ccc(C)cc2)c(Br)o1. The molecule has 3 aromatic rings. The Hall–Kier alpha value is -3.80. The second-order valence-corrected chi connectivity index (χ2v) is 9.17. The van der Waals surface area contributed by atoms with Crippen molar-refractivity contribution in [2.45, 2.75) is 33.3 Å². The Balaban J connectivity index is 2.02. The monoisotopic (exact) mass is 594 g/mol. The number of benzene rings is 2. The van der Waals surface area contributed by atoms with E-state index in [1.807, 2.05) is 31.2 Å². The molecule has 1 unspecified atom stereocenters. The van der Waals surface area contributed by atoms with Crippen molar-refractivity contribution >= 4 is 33.8 Å². The maximum atomic E-state index is 15.0. The quantitative estimate of drug-likeness (QED) is 0.305. The van der Waals surface area contributed by atoms with Gasteiger partial charge in [-0.05, 0) is 35.0 Å². The highest BCUT2D eigenvalue weighted by Gasteiger charge is 2.30. The lowest BCUT2D eigenvalue weighted by molar-refractivity contribution is -0.146. The topological polar surface area (TPSA) is 131 Å². The third-order valence-electron chi connectivity index (χ3n) is 5.37. The molecule has 1 aromatic heterocycles. The molecule has 0 aliphatic heterocycles. The van der Waals surface area contributed by atoms with Crippen molar-refractivity contribution in [3.63, 3.8) is 0 Å². The number of amides is 1. The molecule has 3 rings (SSSR count). The molecule has 2 N–H and O–H groups in total. The zero-order valence-electron chi connectivity index (χ0n) is 20.8. The lowest BCUT2D eigenvalue weighted by atomic mass is 10.0. The van der Waals surface area contributed by atoms with Crippen molar-refractivity contribution in [3.8, 4) is 17.0 Å². The van der Waals surface area contributed by atoms with Gasteiger partial charge in [0.25, 0.3) is 5.91 Å². The Kier molecular flexibility index (Phi) is 9.56. The lowest BCUT2D eigenvalue weighted by Gasteiger charge is -2.23. The van der Waals surface area contributed by atoms with Crippen LogP contribution in [0.25, 0.3) is 11.3 Å². The molecule has 0 aliphatic carbocycles. The first-order chi connectivity index (χ1) is 18.0. The second-order valence-electron chi connectivity index (χ2n) is 8.45. The molecule has 0 aliphatic rings. The number of nitrogens with two attached hydrogens (primary N) is 1. The van der Waals surface area contributed by atoms with Crippen LogP contribution in [-0.2, 0) is 19.1 Å². The third kappa shape index (κ3) is 7.37. The molecule has 2 aromatic carbocycles. The number of halogens is 3. The summed E-state index contributed by atoms with van der Waals surface area (Å²) in [5.74, 6) is -6.02. The number of ether oxygens (including phenoxy) is 3. The number of aryl methyl sites for hydroxylation is 1. The summed E-state index contributed by atoms with van der Waals surface area (Å²) in [6, 6.07) is 9.28. The van der Waals surface area contributed by atoms with E-state index < -0.39 is 52.8 Å². The average Bonchev–Trinajstić information content (AvgIpc) is 3.23. The van der Waals surface area contributed by atoms with Crippen molar-refractivity contribution in [3.05, 3.63) is 69.7 Å². The number of oxazole rings is 1. The van der Waals surface area contributed by atoms with Gasteiger partial charge in [-0.3, -0.25) is 14.4 Å². The molecular weight excluding hydrogens is 570 g/mol. The summed E-state index contributed by atoms with van der Waals surface area (Å²) in [5.41, 5.74) is 6.35. The van der Waals surface area contributed by atoms with E-state index in [-0.39, 0.29) is 30.2 Å². The van der Waals surface area contributed by atoms with Gasteiger partial charge in [0.1, 0.15) is 17.1 Å². The fraction of sp³-hybridized carbons (Fsp3) is 0.308. The molecule has 0 fully saturated rings. The van der Waals surface area contributed by atoms with E-state index in [0.29, 0.717) is 5.69 Å². The van der Waals surface area contributed by atoms with Crippen LogP contribution >= 0.6 is 15.9 Å². The number of primary amides is 1. The summed E-state index contributed by atoms with van der Waals surface area (Å²) < 4.78 is 51.2. The first-order valence-corrected chi connectivity index (χ1v) is 12.2. The van der Waals surface area contributed by atoms with Crippen molar-refractivity contribution in [2.24, 2.45) is 11.7 Å². The summed E-state index contributed by atoms with van der Waals surface area (Å²) in [4.78, 5) is 38.9. The normalized spacial score (nSPS) is 11.8. The van der Waals surface area contributed by atoms with E-state index in [2.05, 4.69) is 20.9 Å². The number of carbonyl (C=O) groups is 3. The van der Waals surface area contributed by atoms with Crippen LogP contribution in [0.4, 0.5) is 8.78 Å². The molecule has 9 nitrogen and oxygen atoms in total. The molecule has 12 heteroatoms. The van der Waals surface area contributed by atoms with E-state index in [0.717, 1.165) is 23.3 Å². The van der Waals surface area contributed by atoms with Crippen LogP contribution in [-0.4, -0.2) is 36.0 Å². The van der Waals surface area contributed by atoms with Gasteiger partial charge in [0.2, 0.25) is 5.89 Å². The van der Waals surface area contributed by atoms with Gasteiger partial charge in [-0.15, -0.1) is 0 Å². The minimum Gasteiger partial charge on any atom is -0.478 e. The molecule has 0 radical (unpaired) electrons. The molecular formula is C26H25BrF2N2O7. The van der Waals surface area contributed by atoms with E-state index in [1.165, 1.54) is 13.8 Å². The van der Waals surface area contributed by atoms with Gasteiger partial charge < -0.3 is 24.4 Å². The van der Waals surface area contributed by atoms with Crippen LogP contribution in [0, 0.1) is 24.5 Å². The number of aromatic nitrogens is 1. The van der Waals surface area contributed by atoms with Crippen LogP contribution in [0.3, 0.4) is 0 Å². The van der Waals surface area contributed by atoms with Gasteiger partial charge in [-0.25, -0.2) is 13.8 Å². The highest BCUT2D eigenvalue weighted by molar-refractivity contribution is 9.10. The number of hydrogen-bond acceptors (Lipinski definition) is 8. The zero-order chi connectivity index (χ0) is 28.0. The fourth-order valence-corrected chi connectivity index (χ4v) is 3.99. The van der Waals surface area contributed by atoms with Gasteiger partial charge in [-0.1, -0.05) is 29.8 Å². The summed E-state index contributed by atoms with van der Waals surface area (Å²) in [6.07, 6.45) is -1.19. The number of rotatable bonds is 11. The molecule has 1 atom stereocenters. The maximum Gasteiger partial charge on any atom is 0.302 e. The van der Waals surface area contributed by atoms with Crippen molar-refractivity contribution < 1.29 is 41.8 Å². The van der Waals surface area contributed by atoms with Gasteiger partial charge >= 0.3 is 11.9 Å². The third-order valence-corrected chi connectivity index (χ3v) is 5.90. The molecule has 1 heterocycles. The standard InChI is InChI=1S/C26H25BrF2N2O7/c1-13-4-6-17(7-5-13)23-24(27)38-26(31-23)20(10-16(11-35-14(2)32)12-36-15(3)33)37-19-9-8-18(28)21(22(19)29)25(30)34/h4-9,16,20H,10-12H2,1-3H3,(H2,30,34). The molecule has 38 heavy (non-hydrogen) atoms. The number of esters is 2. The first-order valence-electron chi connectivity index (χ1n) is 11.4. The second kappa shape index (κ2) is 12.6. The summed E-state index contributed by atoms with van der Waals surface area (Å²) in [6.45, 7) is 4.05. The van der Waals surface area contributed by atoms with Crippen LogP contribution in [0.2, 0.25) is 0 Å². The molecule has 0 saturated carbocycles. The Morgan fingerprint density at radius 1 is 1.03 bits per heavy atom. The number of carbonyl (C=O) groups excluding carboxylic acids is 3. The molecule has 0 bridgehead atoms. The van der Waals surface area contributed by atoms with Gasteiger partial charge in [-0.2, -0.15) is 0 Å². The zero-order valence-corrected chi connectivity index (χ0v) is 22.3. The van der Waals surface area contributed by atoms with E-state index in [9.17, 15) is 18.8 Å². The van der Waals surface area contributed by atoms with Crippen LogP contribution in [0.5, 0.6) is 5.75 Å². The number of hydrogen-bond donors (Lipinski definition) is 1. The Morgan fingerprint density at radius 3 is 2.18 bits per heavy atom. The highest BCUT2D eigenvalue weighted by Crippen LogP contribution is 2.36. The molecule has 1 amide bonds. The van der Waals surface area contributed by atoms with Crippen LogP contribution in [0.15, 0.2) is 45.5 Å². The molecule has 0 spiro atoms. The Morgan fingerprint density at radius 2 is 1.63 bits per heavy atom. The van der Waals surface area contributed by atoms with Gasteiger partial charge in [0, 0.05) is 31.7 Å². The predicted octanol–water partition coefficient (Wildman–Crippen LogP) is 5.04. The summed E-state index contributed by atoms with van der Waals surface area (Å²) >= 11 is 3.34. The van der Waals surface area contributed by atoms with Crippen LogP contribution < -0.4 is 10.5 Å². The Labute approximate surface area is 225 Å². The van der Waals surface area contributed by atoms with E-state index in [1.54, 1.807) is 0 Å². The largest absolute Gasteiger partial charge is 0.478 e. The lowest BCUT2D eigenvalue weighted by Crippen LogP contribution is -2.24. The van der Waals surface area contributed by atoms with Crippen molar-refractivity contribution in [1.82, 2.24) is 4.98 Å². The van der Waals surface area contributed by atoms with Gasteiger partial charge in [0.05, 0.1) is 13.2 Å². The Bertz CT molecular complexity index is 1310. The summed E-state index contributed by atoms with van der Waals surface area (Å²) in [5, 5.41) is 0. The van der Waals surface area contributed by atoms with E-state index in [4.69, 9.17) is 24.4 Å². The summed E-state index contributed by atoms with van der Waals surface area (Å²) in [7, 11) is 0. The highest BCUT2D eigenvalue weighted by atomic mass is 79.9. The minimum absolute atomic E-state index is 0.00699. The molecule has 0 saturated heterocycles. The van der Waals surface area contributed by atoms with Crippen molar-refractivity contribution in [2.75, 3.05) is 13.2 Å². The van der Waals surface area contributed by atoms with Gasteiger partial charge in [0.15, 0.2) is 22.3 Å².